The lowest BCUT2D eigenvalue weighted by Crippen LogP contribution is -2.33. The minimum atomic E-state index is -0.330. The van der Waals surface area contributed by atoms with Crippen LogP contribution in [0.2, 0.25) is 0 Å². The summed E-state index contributed by atoms with van der Waals surface area (Å²) in [6, 6.07) is 70.7. The van der Waals surface area contributed by atoms with Gasteiger partial charge in [0.25, 0.3) is 0 Å². The molecule has 62 heavy (non-hydrogen) atoms. The molecule has 2 aromatic heterocycles. The van der Waals surface area contributed by atoms with Gasteiger partial charge in [-0.15, -0.1) is 0 Å². The maximum Gasteiger partial charge on any atom is 0.159 e. The molecule has 0 bridgehead atoms. The molecule has 13 rings (SSSR count). The number of para-hydroxylation sites is 1. The van der Waals surface area contributed by atoms with E-state index >= 15 is 0 Å². The maximum atomic E-state index is 6.66. The van der Waals surface area contributed by atoms with Gasteiger partial charge in [0.1, 0.15) is 34.3 Å². The van der Waals surface area contributed by atoms with E-state index < -0.39 is 0 Å². The summed E-state index contributed by atoms with van der Waals surface area (Å²) in [6.07, 6.45) is -0.330. The average Bonchev–Trinajstić information content (AvgIpc) is 3.91. The quantitative estimate of drug-likeness (QED) is 0.177. The van der Waals surface area contributed by atoms with Crippen molar-refractivity contribution in [2.75, 3.05) is 0 Å². The number of hydrogen-bond acceptors (Lipinski definition) is 5. The van der Waals surface area contributed by atoms with Crippen molar-refractivity contribution in [2.24, 2.45) is 9.98 Å². The van der Waals surface area contributed by atoms with Crippen LogP contribution in [0.5, 0.6) is 0 Å². The summed E-state index contributed by atoms with van der Waals surface area (Å²) in [6.45, 7) is 0. The Morgan fingerprint density at radius 2 is 0.774 bits per heavy atom. The highest BCUT2D eigenvalue weighted by Crippen LogP contribution is 2.39. The zero-order chi connectivity index (χ0) is 40.7. The van der Waals surface area contributed by atoms with Crippen LogP contribution in [0.1, 0.15) is 22.9 Å². The van der Waals surface area contributed by atoms with Gasteiger partial charge in [0, 0.05) is 32.7 Å². The molecule has 0 amide bonds. The highest BCUT2D eigenvalue weighted by Gasteiger charge is 2.23. The molecular weight excluding hydrogens is 759 g/mol. The number of fused-ring (bicyclic) bond motifs is 12. The molecule has 0 aliphatic carbocycles. The van der Waals surface area contributed by atoms with Gasteiger partial charge in [-0.25, -0.2) is 9.98 Å². The molecule has 5 heteroatoms. The van der Waals surface area contributed by atoms with E-state index in [0.717, 1.165) is 77.5 Å². The van der Waals surface area contributed by atoms with E-state index in [1.807, 2.05) is 42.5 Å². The summed E-state index contributed by atoms with van der Waals surface area (Å²) >= 11 is 0. The maximum absolute atomic E-state index is 6.66. The Labute approximate surface area is 355 Å². The van der Waals surface area contributed by atoms with Gasteiger partial charge in [0.2, 0.25) is 0 Å². The summed E-state index contributed by atoms with van der Waals surface area (Å²) in [7, 11) is 0. The largest absolute Gasteiger partial charge is 0.456 e. The highest BCUT2D eigenvalue weighted by atomic mass is 16.3. The molecule has 0 saturated heterocycles. The van der Waals surface area contributed by atoms with Crippen molar-refractivity contribution in [1.82, 2.24) is 5.32 Å². The van der Waals surface area contributed by atoms with Crippen LogP contribution in [0.15, 0.2) is 219 Å². The Kier molecular flexibility index (Phi) is 7.60. The monoisotopic (exact) mass is 793 g/mol. The third-order valence-electron chi connectivity index (χ3n) is 12.5. The minimum Gasteiger partial charge on any atom is -0.456 e. The van der Waals surface area contributed by atoms with Crippen molar-refractivity contribution in [1.29, 1.82) is 0 Å². The van der Waals surface area contributed by atoms with E-state index in [4.69, 9.17) is 18.8 Å². The Bertz CT molecular complexity index is 3820. The van der Waals surface area contributed by atoms with Crippen LogP contribution < -0.4 is 5.32 Å². The summed E-state index contributed by atoms with van der Waals surface area (Å²) in [4.78, 5) is 10.2. The number of hydrogen-bond donors (Lipinski definition) is 1. The van der Waals surface area contributed by atoms with Crippen LogP contribution >= 0.6 is 0 Å². The first-order valence-electron chi connectivity index (χ1n) is 21.0. The lowest BCUT2D eigenvalue weighted by atomic mass is 9.91. The topological polar surface area (TPSA) is 63.0 Å². The van der Waals surface area contributed by atoms with E-state index in [9.17, 15) is 0 Å². The summed E-state index contributed by atoms with van der Waals surface area (Å²) in [5.41, 5.74) is 10.8. The van der Waals surface area contributed by atoms with Crippen LogP contribution in [0.4, 0.5) is 0 Å². The Morgan fingerprint density at radius 1 is 0.323 bits per heavy atom. The van der Waals surface area contributed by atoms with Crippen LogP contribution in [0.25, 0.3) is 98.4 Å². The standard InChI is InChI=1S/C57H35N3O2/c1-2-11-34(12-3-1)55-58-56(39-23-27-47-46-19-8-9-20-51(46)61-53(47)32-39)60-57(59-55)40-24-28-49-48-26-22-38(31-52(48)62-54(49)33-40)36-14-10-13-35(29-36)37-21-25-45-43-17-5-4-15-41(43)42-16-6-7-18-44(42)50(45)30-37/h1-33,55H,(H,58,59,60). The van der Waals surface area contributed by atoms with Gasteiger partial charge < -0.3 is 14.2 Å². The molecule has 10 aromatic carbocycles. The number of amidine groups is 2. The van der Waals surface area contributed by atoms with Crippen LogP contribution in [0, 0.1) is 0 Å². The second kappa shape index (κ2) is 13.6. The van der Waals surface area contributed by atoms with Gasteiger partial charge in [-0.3, -0.25) is 0 Å². The molecule has 290 valence electrons. The van der Waals surface area contributed by atoms with E-state index in [0.29, 0.717) is 5.84 Å². The first kappa shape index (κ1) is 34.6. The predicted molar refractivity (Wildman–Crippen MR) is 256 cm³/mol. The third kappa shape index (κ3) is 5.56. The Morgan fingerprint density at radius 3 is 1.45 bits per heavy atom. The van der Waals surface area contributed by atoms with Gasteiger partial charge in [-0.1, -0.05) is 146 Å². The number of rotatable bonds is 5. The SMILES string of the molecule is c1ccc(C2N=C(c3ccc4c(c3)oc3ccccc34)N=C(c3ccc4c(c3)oc3cc(-c5cccc(-c6ccc7c8ccccc8c8ccccc8c7c6)c5)ccc34)N2)cc1. The summed E-state index contributed by atoms with van der Waals surface area (Å²) in [5, 5.41) is 15.6. The first-order chi connectivity index (χ1) is 30.7. The molecule has 1 aliphatic heterocycles. The Balaban J connectivity index is 0.860. The van der Waals surface area contributed by atoms with Crippen LogP contribution in [-0.2, 0) is 0 Å². The van der Waals surface area contributed by atoms with Gasteiger partial charge >= 0.3 is 0 Å². The van der Waals surface area contributed by atoms with Crippen molar-refractivity contribution in [3.8, 4) is 22.3 Å². The number of furan rings is 2. The van der Waals surface area contributed by atoms with Gasteiger partial charge in [0.05, 0.1) is 0 Å². The Hall–Kier alpha value is -8.28. The smallest absolute Gasteiger partial charge is 0.159 e. The number of nitrogens with zero attached hydrogens (tertiary/aromatic N) is 2. The fourth-order valence-electron chi connectivity index (χ4n) is 9.47. The van der Waals surface area contributed by atoms with Crippen molar-refractivity contribution in [2.45, 2.75) is 6.17 Å². The molecule has 1 aliphatic rings. The summed E-state index contributed by atoms with van der Waals surface area (Å²) < 4.78 is 12.9. The normalized spacial score (nSPS) is 14.3. The second-order valence-electron chi connectivity index (χ2n) is 16.1. The van der Waals surface area contributed by atoms with Crippen molar-refractivity contribution in [3.63, 3.8) is 0 Å². The molecule has 0 fully saturated rings. The molecule has 1 atom stereocenters. The summed E-state index contributed by atoms with van der Waals surface area (Å²) in [5.74, 6) is 1.36. The van der Waals surface area contributed by atoms with Gasteiger partial charge in [-0.05, 0) is 115 Å². The van der Waals surface area contributed by atoms with E-state index in [1.165, 1.54) is 43.4 Å². The molecule has 3 heterocycles. The van der Waals surface area contributed by atoms with E-state index in [1.54, 1.807) is 0 Å². The third-order valence-corrected chi connectivity index (χ3v) is 12.5. The van der Waals surface area contributed by atoms with E-state index in [-0.39, 0.29) is 6.17 Å². The van der Waals surface area contributed by atoms with Crippen LogP contribution in [-0.4, -0.2) is 11.7 Å². The van der Waals surface area contributed by atoms with Crippen LogP contribution in [0.3, 0.4) is 0 Å². The average molecular weight is 794 g/mol. The minimum absolute atomic E-state index is 0.330. The second-order valence-corrected chi connectivity index (χ2v) is 16.1. The lowest BCUT2D eigenvalue weighted by molar-refractivity contribution is 0.666. The molecule has 5 nitrogen and oxygen atoms in total. The molecule has 0 spiro atoms. The van der Waals surface area contributed by atoms with E-state index in [2.05, 4.69) is 163 Å². The lowest BCUT2D eigenvalue weighted by Gasteiger charge is -2.23. The molecule has 0 radical (unpaired) electrons. The predicted octanol–water partition coefficient (Wildman–Crippen LogP) is 14.8. The zero-order valence-corrected chi connectivity index (χ0v) is 33.3. The number of aliphatic imine (C=N–C) groups is 2. The van der Waals surface area contributed by atoms with Crippen molar-refractivity contribution < 1.29 is 8.83 Å². The van der Waals surface area contributed by atoms with Gasteiger partial charge in [-0.2, -0.15) is 0 Å². The number of benzene rings is 10. The van der Waals surface area contributed by atoms with Gasteiger partial charge in [0.15, 0.2) is 5.84 Å². The molecular formula is C57H35N3O2. The first-order valence-corrected chi connectivity index (χ1v) is 21.0. The number of nitrogens with one attached hydrogen (secondary N) is 1. The fraction of sp³-hybridized carbons (Fsp3) is 0.0175. The molecule has 0 saturated carbocycles. The molecule has 12 aromatic rings. The fourth-order valence-corrected chi connectivity index (χ4v) is 9.47. The molecule has 1 N–H and O–H groups in total. The zero-order valence-electron chi connectivity index (χ0n) is 33.3. The molecule has 1 unspecified atom stereocenters. The van der Waals surface area contributed by atoms with Crippen molar-refractivity contribution >= 4 is 87.9 Å². The highest BCUT2D eigenvalue weighted by molar-refractivity contribution is 6.26. The van der Waals surface area contributed by atoms with Crippen molar-refractivity contribution in [3.05, 3.63) is 217 Å².